The first-order chi connectivity index (χ1) is 7.03. The first-order valence-electron chi connectivity index (χ1n) is 5.92. The van der Waals surface area contributed by atoms with Crippen LogP contribution in [0, 0.1) is 17.3 Å². The zero-order valence-corrected chi connectivity index (χ0v) is 10.3. The van der Waals surface area contributed by atoms with Gasteiger partial charge in [0.05, 0.1) is 0 Å². The summed E-state index contributed by atoms with van der Waals surface area (Å²) in [6, 6.07) is 0. The van der Waals surface area contributed by atoms with E-state index in [1.54, 1.807) is 5.57 Å². The van der Waals surface area contributed by atoms with Crippen LogP contribution in [0.4, 0.5) is 0 Å². The number of carbonyl (C=O) groups excluding carboxylic acids is 1. The van der Waals surface area contributed by atoms with Crippen molar-refractivity contribution in [1.82, 2.24) is 0 Å². The van der Waals surface area contributed by atoms with Crippen molar-refractivity contribution in [2.45, 2.75) is 46.0 Å². The number of carbonyl (C=O) groups is 1. The van der Waals surface area contributed by atoms with Crippen LogP contribution in [0.1, 0.15) is 46.0 Å². The molecule has 0 aromatic carbocycles. The van der Waals surface area contributed by atoms with E-state index in [-0.39, 0.29) is 16.6 Å². The zero-order chi connectivity index (χ0) is 11.1. The van der Waals surface area contributed by atoms with Gasteiger partial charge in [0.2, 0.25) is 5.24 Å². The van der Waals surface area contributed by atoms with Gasteiger partial charge in [-0.2, -0.15) is 0 Å². The lowest BCUT2D eigenvalue weighted by Gasteiger charge is -2.13. The van der Waals surface area contributed by atoms with Gasteiger partial charge in [-0.15, -0.1) is 0 Å². The van der Waals surface area contributed by atoms with Gasteiger partial charge >= 0.3 is 0 Å². The number of hydrogen-bond acceptors (Lipinski definition) is 1. The minimum atomic E-state index is -0.155. The van der Waals surface area contributed by atoms with E-state index in [9.17, 15) is 4.79 Å². The average Bonchev–Trinajstić information content (AvgIpc) is 2.70. The maximum Gasteiger partial charge on any atom is 0.225 e. The maximum atomic E-state index is 11.2. The Morgan fingerprint density at radius 1 is 1.33 bits per heavy atom. The molecule has 0 spiro atoms. The fraction of sp³-hybridized carbons (Fsp3) is 0.769. The van der Waals surface area contributed by atoms with E-state index >= 15 is 0 Å². The van der Waals surface area contributed by atoms with Gasteiger partial charge in [-0.1, -0.05) is 31.9 Å². The molecule has 2 aliphatic rings. The molecule has 0 bridgehead atoms. The van der Waals surface area contributed by atoms with Gasteiger partial charge in [-0.3, -0.25) is 4.79 Å². The van der Waals surface area contributed by atoms with Gasteiger partial charge in [0.15, 0.2) is 0 Å². The van der Waals surface area contributed by atoms with Gasteiger partial charge in [-0.05, 0) is 48.6 Å². The third-order valence-corrected chi connectivity index (χ3v) is 4.30. The van der Waals surface area contributed by atoms with E-state index in [0.717, 1.165) is 0 Å². The molecule has 2 atom stereocenters. The molecular weight excluding hydrogens is 208 g/mol. The molecule has 0 aromatic heterocycles. The highest BCUT2D eigenvalue weighted by Crippen LogP contribution is 2.60. The summed E-state index contributed by atoms with van der Waals surface area (Å²) in [4.78, 5) is 11.2. The second kappa shape index (κ2) is 3.93. The Balaban J connectivity index is 2.04. The molecule has 0 N–H and O–H groups in total. The van der Waals surface area contributed by atoms with Gasteiger partial charge in [0, 0.05) is 5.92 Å². The van der Waals surface area contributed by atoms with Crippen LogP contribution in [0.3, 0.4) is 0 Å². The molecule has 0 aromatic rings. The van der Waals surface area contributed by atoms with Crippen molar-refractivity contribution in [3.63, 3.8) is 0 Å². The first-order valence-corrected chi connectivity index (χ1v) is 6.30. The summed E-state index contributed by atoms with van der Waals surface area (Å²) >= 11 is 5.60. The second-order valence-corrected chi connectivity index (χ2v) is 5.89. The maximum absolute atomic E-state index is 11.2. The summed E-state index contributed by atoms with van der Waals surface area (Å²) in [5.74, 6) is 0.462. The van der Waals surface area contributed by atoms with E-state index < -0.39 is 0 Å². The van der Waals surface area contributed by atoms with Crippen LogP contribution in [-0.2, 0) is 4.79 Å². The fourth-order valence-electron chi connectivity index (χ4n) is 2.85. The van der Waals surface area contributed by atoms with Crippen molar-refractivity contribution in [3.05, 3.63) is 11.6 Å². The third-order valence-electron chi connectivity index (χ3n) is 4.07. The van der Waals surface area contributed by atoms with Crippen molar-refractivity contribution in [2.24, 2.45) is 17.3 Å². The summed E-state index contributed by atoms with van der Waals surface area (Å²) in [7, 11) is 0. The standard InChI is InChI=1S/C13H19ClO/c1-13(2)10(11(13)12(14)15)8-9-6-4-3-5-7-9/h8,10-11H,3-7H2,1-2H3. The molecule has 2 rings (SSSR count). The molecule has 2 unspecified atom stereocenters. The minimum absolute atomic E-state index is 0.0635. The first kappa shape index (κ1) is 11.2. The number of allylic oxidation sites excluding steroid dienone is 2. The Labute approximate surface area is 96.9 Å². The molecule has 2 heteroatoms. The van der Waals surface area contributed by atoms with Crippen LogP contribution in [0.25, 0.3) is 0 Å². The summed E-state index contributed by atoms with van der Waals surface area (Å²) < 4.78 is 0. The van der Waals surface area contributed by atoms with Gasteiger partial charge in [0.1, 0.15) is 0 Å². The number of halogens is 1. The van der Waals surface area contributed by atoms with E-state index in [1.165, 1.54) is 32.1 Å². The van der Waals surface area contributed by atoms with Crippen LogP contribution < -0.4 is 0 Å². The van der Waals surface area contributed by atoms with E-state index in [2.05, 4.69) is 19.9 Å². The van der Waals surface area contributed by atoms with Crippen molar-refractivity contribution in [1.29, 1.82) is 0 Å². The molecular formula is C13H19ClO. The predicted octanol–water partition coefficient (Wildman–Crippen LogP) is 3.91. The van der Waals surface area contributed by atoms with Gasteiger partial charge in [-0.25, -0.2) is 0 Å². The lowest BCUT2D eigenvalue weighted by Crippen LogP contribution is -1.96. The molecule has 0 saturated heterocycles. The van der Waals surface area contributed by atoms with Crippen molar-refractivity contribution >= 4 is 16.8 Å². The summed E-state index contributed by atoms with van der Waals surface area (Å²) in [5.41, 5.74) is 1.66. The fourth-order valence-corrected chi connectivity index (χ4v) is 3.27. The Morgan fingerprint density at radius 2 is 1.93 bits per heavy atom. The molecule has 0 radical (unpaired) electrons. The monoisotopic (exact) mass is 226 g/mol. The smallest absolute Gasteiger partial charge is 0.225 e. The van der Waals surface area contributed by atoms with Crippen molar-refractivity contribution < 1.29 is 4.79 Å². The normalized spacial score (nSPS) is 33.7. The molecule has 2 saturated carbocycles. The molecule has 15 heavy (non-hydrogen) atoms. The van der Waals surface area contributed by atoms with E-state index in [4.69, 9.17) is 11.6 Å². The largest absolute Gasteiger partial charge is 0.281 e. The molecule has 1 nitrogen and oxygen atoms in total. The van der Waals surface area contributed by atoms with E-state index in [1.807, 2.05) is 0 Å². The van der Waals surface area contributed by atoms with Crippen LogP contribution in [0.5, 0.6) is 0 Å². The second-order valence-electron chi connectivity index (χ2n) is 5.51. The SMILES string of the molecule is CC1(C)C(C=C2CCCCC2)C1C(=O)Cl. The zero-order valence-electron chi connectivity index (χ0n) is 9.55. The molecule has 0 amide bonds. The van der Waals surface area contributed by atoms with Gasteiger partial charge < -0.3 is 0 Å². The Hall–Kier alpha value is -0.300. The highest BCUT2D eigenvalue weighted by Gasteiger charge is 2.59. The minimum Gasteiger partial charge on any atom is -0.281 e. The average molecular weight is 227 g/mol. The van der Waals surface area contributed by atoms with E-state index in [0.29, 0.717) is 5.92 Å². The van der Waals surface area contributed by atoms with Gasteiger partial charge in [0.25, 0.3) is 0 Å². The molecule has 0 heterocycles. The van der Waals surface area contributed by atoms with Crippen LogP contribution in [-0.4, -0.2) is 5.24 Å². The predicted molar refractivity (Wildman–Crippen MR) is 62.8 cm³/mol. The molecule has 0 aliphatic heterocycles. The van der Waals surface area contributed by atoms with Crippen molar-refractivity contribution in [3.8, 4) is 0 Å². The van der Waals surface area contributed by atoms with Crippen LogP contribution >= 0.6 is 11.6 Å². The Bertz CT molecular complexity index is 296. The lowest BCUT2D eigenvalue weighted by atomic mass is 9.93. The summed E-state index contributed by atoms with van der Waals surface area (Å²) in [5, 5.41) is -0.155. The topological polar surface area (TPSA) is 17.1 Å². The van der Waals surface area contributed by atoms with Crippen LogP contribution in [0.2, 0.25) is 0 Å². The molecule has 84 valence electrons. The molecule has 2 aliphatic carbocycles. The Kier molecular flexibility index (Phi) is 2.94. The van der Waals surface area contributed by atoms with Crippen LogP contribution in [0.15, 0.2) is 11.6 Å². The summed E-state index contributed by atoms with van der Waals surface area (Å²) in [6.45, 7) is 4.28. The molecule has 2 fully saturated rings. The number of rotatable bonds is 2. The number of hydrogen-bond donors (Lipinski definition) is 0. The highest BCUT2D eigenvalue weighted by atomic mass is 35.5. The summed E-state index contributed by atoms with van der Waals surface area (Å²) in [6.07, 6.45) is 8.80. The van der Waals surface area contributed by atoms with Crippen molar-refractivity contribution in [2.75, 3.05) is 0 Å². The lowest BCUT2D eigenvalue weighted by molar-refractivity contribution is -0.113. The highest BCUT2D eigenvalue weighted by molar-refractivity contribution is 6.64. The third kappa shape index (κ3) is 2.13. The Morgan fingerprint density at radius 3 is 2.40 bits per heavy atom. The quantitative estimate of drug-likeness (QED) is 0.515.